The highest BCUT2D eigenvalue weighted by Crippen LogP contribution is 2.34. The first-order chi connectivity index (χ1) is 7.40. The summed E-state index contributed by atoms with van der Waals surface area (Å²) >= 11 is 0. The molecule has 0 fully saturated rings. The molecular formula is C15H10. The summed E-state index contributed by atoms with van der Waals surface area (Å²) in [5.74, 6) is 0.128. The average Bonchev–Trinajstić information content (AvgIpc) is 2.30. The number of hydrogen-bond acceptors (Lipinski definition) is 0. The summed E-state index contributed by atoms with van der Waals surface area (Å²) in [6.45, 7) is 5.63. The zero-order chi connectivity index (χ0) is 10.3. The number of hydrogen-bond donors (Lipinski definition) is 0. The van der Waals surface area contributed by atoms with Crippen LogP contribution in [-0.2, 0) is 0 Å². The molecule has 3 rings (SSSR count). The molecule has 1 aliphatic rings. The van der Waals surface area contributed by atoms with Gasteiger partial charge in [0.15, 0.2) is 0 Å². The van der Waals surface area contributed by atoms with Gasteiger partial charge in [-0.3, -0.25) is 0 Å². The Labute approximate surface area is 89.6 Å². The Bertz CT molecular complexity index is 556. The van der Waals surface area contributed by atoms with Crippen molar-refractivity contribution in [2.24, 2.45) is 0 Å². The van der Waals surface area contributed by atoms with Crippen molar-refractivity contribution in [1.82, 2.24) is 0 Å². The second-order valence-corrected chi connectivity index (χ2v) is 3.77. The maximum atomic E-state index is 5.63. The zero-order valence-corrected chi connectivity index (χ0v) is 8.27. The van der Waals surface area contributed by atoms with Crippen LogP contribution < -0.4 is 0 Å². The van der Waals surface area contributed by atoms with Crippen molar-refractivity contribution in [2.45, 2.75) is 5.92 Å². The quantitative estimate of drug-likeness (QED) is 0.642. The summed E-state index contributed by atoms with van der Waals surface area (Å²) in [7, 11) is 0. The molecule has 0 spiro atoms. The second-order valence-electron chi connectivity index (χ2n) is 3.77. The van der Waals surface area contributed by atoms with Crippen LogP contribution in [0.15, 0.2) is 42.5 Å². The summed E-state index contributed by atoms with van der Waals surface area (Å²) in [5, 5.41) is 2.58. The molecule has 0 saturated heterocycles. The first-order valence-electron chi connectivity index (χ1n) is 5.06. The van der Waals surface area contributed by atoms with Gasteiger partial charge in [0.1, 0.15) is 0 Å². The smallest absolute Gasteiger partial charge is 0.0282 e. The van der Waals surface area contributed by atoms with E-state index in [9.17, 15) is 0 Å². The fourth-order valence-electron chi connectivity index (χ4n) is 2.21. The van der Waals surface area contributed by atoms with Crippen molar-refractivity contribution in [3.05, 3.63) is 66.3 Å². The number of rotatable bonds is 1. The molecule has 0 heteroatoms. The lowest BCUT2D eigenvalue weighted by atomic mass is 9.86. The fourth-order valence-corrected chi connectivity index (χ4v) is 2.21. The van der Waals surface area contributed by atoms with Crippen LogP contribution >= 0.6 is 0 Å². The lowest BCUT2D eigenvalue weighted by molar-refractivity contribution is 1.07. The highest BCUT2D eigenvalue weighted by atomic mass is 14.2. The molecule has 0 saturated carbocycles. The van der Waals surface area contributed by atoms with Crippen molar-refractivity contribution in [2.75, 3.05) is 0 Å². The molecule has 1 unspecified atom stereocenters. The molecule has 1 aliphatic carbocycles. The number of allylic oxidation sites excluding steroid dienone is 2. The topological polar surface area (TPSA) is 0 Å². The van der Waals surface area contributed by atoms with Gasteiger partial charge < -0.3 is 0 Å². The summed E-state index contributed by atoms with van der Waals surface area (Å²) in [4.78, 5) is 0. The lowest BCUT2D eigenvalue weighted by Crippen LogP contribution is -1.98. The highest BCUT2D eigenvalue weighted by molar-refractivity contribution is 5.95. The van der Waals surface area contributed by atoms with Crippen LogP contribution in [0.25, 0.3) is 16.8 Å². The van der Waals surface area contributed by atoms with Gasteiger partial charge in [0.2, 0.25) is 0 Å². The summed E-state index contributed by atoms with van der Waals surface area (Å²) in [6, 6.07) is 12.7. The van der Waals surface area contributed by atoms with Crippen LogP contribution in [0.3, 0.4) is 0 Å². The van der Waals surface area contributed by atoms with Gasteiger partial charge in [-0.05, 0) is 34.1 Å². The normalized spacial score (nSPS) is 18.0. The van der Waals surface area contributed by atoms with Crippen LogP contribution in [-0.4, -0.2) is 0 Å². The summed E-state index contributed by atoms with van der Waals surface area (Å²) in [5.41, 5.74) is 2.49. The van der Waals surface area contributed by atoms with Gasteiger partial charge in [-0.1, -0.05) is 49.1 Å². The van der Waals surface area contributed by atoms with Crippen LogP contribution in [0.1, 0.15) is 17.0 Å². The maximum Gasteiger partial charge on any atom is 0.0282 e. The third-order valence-corrected chi connectivity index (χ3v) is 2.92. The molecule has 0 amide bonds. The monoisotopic (exact) mass is 190 g/mol. The van der Waals surface area contributed by atoms with Gasteiger partial charge in [0.25, 0.3) is 0 Å². The molecule has 15 heavy (non-hydrogen) atoms. The van der Waals surface area contributed by atoms with E-state index in [1.54, 1.807) is 6.08 Å². The van der Waals surface area contributed by atoms with Gasteiger partial charge in [0, 0.05) is 5.92 Å². The molecule has 70 valence electrons. The van der Waals surface area contributed by atoms with Crippen molar-refractivity contribution < 1.29 is 0 Å². The molecule has 2 aromatic rings. The Kier molecular flexibility index (Phi) is 1.75. The molecule has 2 aromatic carbocycles. The van der Waals surface area contributed by atoms with E-state index in [1.807, 2.05) is 6.08 Å². The molecular weight excluding hydrogens is 180 g/mol. The van der Waals surface area contributed by atoms with E-state index in [-0.39, 0.29) is 5.92 Å². The second kappa shape index (κ2) is 3.09. The Hall–Kier alpha value is -1.82. The molecule has 2 radical (unpaired) electrons. The Morgan fingerprint density at radius 1 is 1.13 bits per heavy atom. The van der Waals surface area contributed by atoms with Crippen molar-refractivity contribution in [3.8, 4) is 0 Å². The highest BCUT2D eigenvalue weighted by Gasteiger charge is 2.14. The molecule has 0 aromatic heterocycles. The lowest BCUT2D eigenvalue weighted by Gasteiger charge is -2.17. The van der Waals surface area contributed by atoms with Crippen LogP contribution in [0.4, 0.5) is 0 Å². The van der Waals surface area contributed by atoms with E-state index in [2.05, 4.69) is 42.5 Å². The van der Waals surface area contributed by atoms with Crippen LogP contribution in [0.5, 0.6) is 0 Å². The van der Waals surface area contributed by atoms with Gasteiger partial charge >= 0.3 is 0 Å². The van der Waals surface area contributed by atoms with Crippen LogP contribution in [0, 0.1) is 12.7 Å². The van der Waals surface area contributed by atoms with E-state index >= 15 is 0 Å². The third kappa shape index (κ3) is 1.15. The first-order valence-corrected chi connectivity index (χ1v) is 5.06. The minimum atomic E-state index is 0.128. The van der Waals surface area contributed by atoms with E-state index in [0.29, 0.717) is 0 Å². The fraction of sp³-hybridized carbons (Fsp3) is 0.0667. The standard InChI is InChI=1S/C15H10/c1-2-11-9-10-13-6-3-5-12-7-4-8-14(11)15(12)13/h1-8,10-11H. The van der Waals surface area contributed by atoms with Crippen molar-refractivity contribution >= 4 is 16.8 Å². The largest absolute Gasteiger partial charge is 0.0726 e. The van der Waals surface area contributed by atoms with Crippen molar-refractivity contribution in [1.29, 1.82) is 0 Å². The van der Waals surface area contributed by atoms with E-state index < -0.39 is 0 Å². The SMILES string of the molecule is [CH]=CC1[C]=Cc2cccc3cccc1c23. The molecule has 0 nitrogen and oxygen atoms in total. The predicted octanol–water partition coefficient (Wildman–Crippen LogP) is 3.74. The van der Waals surface area contributed by atoms with Gasteiger partial charge in [-0.15, -0.1) is 0 Å². The molecule has 0 heterocycles. The Morgan fingerprint density at radius 2 is 1.93 bits per heavy atom. The Morgan fingerprint density at radius 3 is 2.73 bits per heavy atom. The number of benzene rings is 2. The van der Waals surface area contributed by atoms with Gasteiger partial charge in [-0.2, -0.15) is 0 Å². The predicted molar refractivity (Wildman–Crippen MR) is 63.3 cm³/mol. The van der Waals surface area contributed by atoms with Gasteiger partial charge in [0.05, 0.1) is 0 Å². The minimum absolute atomic E-state index is 0.128. The Balaban J connectivity index is 2.46. The third-order valence-electron chi connectivity index (χ3n) is 2.92. The molecule has 0 N–H and O–H groups in total. The minimum Gasteiger partial charge on any atom is -0.0726 e. The zero-order valence-electron chi connectivity index (χ0n) is 8.27. The summed E-state index contributed by atoms with van der Waals surface area (Å²) in [6.07, 6.45) is 7.01. The average molecular weight is 190 g/mol. The van der Waals surface area contributed by atoms with E-state index in [4.69, 9.17) is 6.58 Å². The van der Waals surface area contributed by atoms with Crippen LogP contribution in [0.2, 0.25) is 0 Å². The van der Waals surface area contributed by atoms with E-state index in [1.165, 1.54) is 21.9 Å². The first kappa shape index (κ1) is 8.49. The molecule has 0 aliphatic heterocycles. The maximum absolute atomic E-state index is 5.63. The molecule has 1 atom stereocenters. The van der Waals surface area contributed by atoms with Crippen molar-refractivity contribution in [3.63, 3.8) is 0 Å². The van der Waals surface area contributed by atoms with E-state index in [0.717, 1.165) is 0 Å². The van der Waals surface area contributed by atoms with Gasteiger partial charge in [-0.25, -0.2) is 0 Å². The molecule has 0 bridgehead atoms. The summed E-state index contributed by atoms with van der Waals surface area (Å²) < 4.78 is 0.